The molecule has 0 aliphatic rings. The zero-order valence-corrected chi connectivity index (χ0v) is 6.66. The van der Waals surface area contributed by atoms with Crippen molar-refractivity contribution in [1.29, 1.82) is 0 Å². The molecule has 9 heavy (non-hydrogen) atoms. The lowest BCUT2D eigenvalue weighted by Crippen LogP contribution is -2.14. The molecule has 0 aromatic carbocycles. The Kier molecular flexibility index (Phi) is 2.89. The van der Waals surface area contributed by atoms with Crippen LogP contribution in [0.1, 0.15) is 34.1 Å². The molecule has 0 radical (unpaired) electrons. The van der Waals surface area contributed by atoms with Gasteiger partial charge in [-0.05, 0) is 32.8 Å². The van der Waals surface area contributed by atoms with Crippen LogP contribution in [-0.4, -0.2) is 5.67 Å². The molecule has 0 unspecified atom stereocenters. The number of allylic oxidation sites excluding steroid dienone is 2. The summed E-state index contributed by atoms with van der Waals surface area (Å²) >= 11 is 0. The monoisotopic (exact) mass is 130 g/mol. The van der Waals surface area contributed by atoms with E-state index >= 15 is 0 Å². The van der Waals surface area contributed by atoms with Gasteiger partial charge in [0.15, 0.2) is 0 Å². The molecular weight excluding hydrogens is 115 g/mol. The largest absolute Gasteiger partial charge is 0.240 e. The van der Waals surface area contributed by atoms with E-state index in [2.05, 4.69) is 0 Å². The van der Waals surface area contributed by atoms with Crippen molar-refractivity contribution in [3.8, 4) is 0 Å². The van der Waals surface area contributed by atoms with E-state index in [1.807, 2.05) is 19.9 Å². The second-order valence-corrected chi connectivity index (χ2v) is 2.64. The molecule has 0 bridgehead atoms. The number of halogens is 1. The van der Waals surface area contributed by atoms with Crippen LogP contribution in [-0.2, 0) is 0 Å². The Bertz CT molecular complexity index is 106. The van der Waals surface area contributed by atoms with E-state index < -0.39 is 5.67 Å². The SMILES string of the molecule is C/C=C(\CC)C(C)(C)F. The lowest BCUT2D eigenvalue weighted by molar-refractivity contribution is 0.262. The van der Waals surface area contributed by atoms with Crippen LogP contribution in [0.25, 0.3) is 0 Å². The fourth-order valence-electron chi connectivity index (χ4n) is 0.968. The predicted molar refractivity (Wildman–Crippen MR) is 39.2 cm³/mol. The summed E-state index contributed by atoms with van der Waals surface area (Å²) in [6.07, 6.45) is 2.65. The third kappa shape index (κ3) is 2.64. The summed E-state index contributed by atoms with van der Waals surface area (Å²) in [5.74, 6) is 0. The average Bonchev–Trinajstić information content (AvgIpc) is 1.65. The fraction of sp³-hybridized carbons (Fsp3) is 0.750. The smallest absolute Gasteiger partial charge is 0.126 e. The minimum Gasteiger partial charge on any atom is -0.240 e. The highest BCUT2D eigenvalue weighted by atomic mass is 19.1. The quantitative estimate of drug-likeness (QED) is 0.504. The van der Waals surface area contributed by atoms with Gasteiger partial charge in [-0.15, -0.1) is 0 Å². The van der Waals surface area contributed by atoms with Crippen molar-refractivity contribution in [3.05, 3.63) is 11.6 Å². The van der Waals surface area contributed by atoms with Crippen molar-refractivity contribution in [3.63, 3.8) is 0 Å². The summed E-state index contributed by atoms with van der Waals surface area (Å²) in [4.78, 5) is 0. The first-order valence-electron chi connectivity index (χ1n) is 3.37. The number of rotatable bonds is 2. The third-order valence-electron chi connectivity index (χ3n) is 1.49. The van der Waals surface area contributed by atoms with Gasteiger partial charge in [-0.1, -0.05) is 13.0 Å². The van der Waals surface area contributed by atoms with Crippen molar-refractivity contribution in [2.24, 2.45) is 0 Å². The van der Waals surface area contributed by atoms with Gasteiger partial charge in [-0.3, -0.25) is 0 Å². The Morgan fingerprint density at radius 2 is 2.00 bits per heavy atom. The number of hydrogen-bond acceptors (Lipinski definition) is 0. The topological polar surface area (TPSA) is 0 Å². The van der Waals surface area contributed by atoms with Gasteiger partial charge in [0.1, 0.15) is 5.67 Å². The Labute approximate surface area is 56.8 Å². The Morgan fingerprint density at radius 3 is 2.00 bits per heavy atom. The van der Waals surface area contributed by atoms with Crippen LogP contribution >= 0.6 is 0 Å². The molecule has 0 N–H and O–H groups in total. The highest BCUT2D eigenvalue weighted by Crippen LogP contribution is 2.22. The summed E-state index contributed by atoms with van der Waals surface area (Å²) < 4.78 is 13.0. The Hall–Kier alpha value is -0.330. The summed E-state index contributed by atoms with van der Waals surface area (Å²) in [6, 6.07) is 0. The molecule has 0 saturated carbocycles. The van der Waals surface area contributed by atoms with Crippen molar-refractivity contribution >= 4 is 0 Å². The van der Waals surface area contributed by atoms with Crippen molar-refractivity contribution in [2.75, 3.05) is 0 Å². The van der Waals surface area contributed by atoms with Gasteiger partial charge >= 0.3 is 0 Å². The van der Waals surface area contributed by atoms with Crippen LogP contribution in [0.2, 0.25) is 0 Å². The normalized spacial score (nSPS) is 14.1. The molecule has 0 rings (SSSR count). The van der Waals surface area contributed by atoms with Crippen molar-refractivity contribution in [2.45, 2.75) is 39.8 Å². The second kappa shape index (κ2) is 3.00. The van der Waals surface area contributed by atoms with Gasteiger partial charge in [-0.2, -0.15) is 0 Å². The first kappa shape index (κ1) is 8.67. The molecule has 0 aliphatic carbocycles. The fourth-order valence-corrected chi connectivity index (χ4v) is 0.968. The minimum atomic E-state index is -1.12. The number of alkyl halides is 1. The Morgan fingerprint density at radius 1 is 1.56 bits per heavy atom. The molecule has 0 amide bonds. The lowest BCUT2D eigenvalue weighted by Gasteiger charge is -2.16. The molecule has 0 aromatic rings. The van der Waals surface area contributed by atoms with Crippen molar-refractivity contribution in [1.82, 2.24) is 0 Å². The van der Waals surface area contributed by atoms with E-state index in [1.165, 1.54) is 0 Å². The van der Waals surface area contributed by atoms with E-state index in [9.17, 15) is 4.39 Å². The van der Waals surface area contributed by atoms with E-state index in [4.69, 9.17) is 0 Å². The van der Waals surface area contributed by atoms with Gasteiger partial charge in [-0.25, -0.2) is 4.39 Å². The summed E-state index contributed by atoms with van der Waals surface area (Å²) in [5.41, 5.74) is -0.244. The number of hydrogen-bond donors (Lipinski definition) is 0. The first-order valence-corrected chi connectivity index (χ1v) is 3.37. The van der Waals surface area contributed by atoms with Gasteiger partial charge in [0.25, 0.3) is 0 Å². The molecule has 54 valence electrons. The summed E-state index contributed by atoms with van der Waals surface area (Å²) in [5, 5.41) is 0. The molecule has 1 heteroatoms. The van der Waals surface area contributed by atoms with E-state index in [0.29, 0.717) is 0 Å². The van der Waals surface area contributed by atoms with Gasteiger partial charge in [0.2, 0.25) is 0 Å². The van der Waals surface area contributed by atoms with Crippen LogP contribution in [0.15, 0.2) is 11.6 Å². The van der Waals surface area contributed by atoms with E-state index in [-0.39, 0.29) is 0 Å². The minimum absolute atomic E-state index is 0.806. The van der Waals surface area contributed by atoms with Crippen LogP contribution in [0.3, 0.4) is 0 Å². The molecule has 0 saturated heterocycles. The van der Waals surface area contributed by atoms with Gasteiger partial charge in [0, 0.05) is 0 Å². The van der Waals surface area contributed by atoms with Gasteiger partial charge < -0.3 is 0 Å². The standard InChI is InChI=1S/C8H15F/c1-5-7(6-2)8(3,4)9/h5H,6H2,1-4H3/b7-5+. The zero-order chi connectivity index (χ0) is 7.49. The zero-order valence-electron chi connectivity index (χ0n) is 6.66. The van der Waals surface area contributed by atoms with Crippen LogP contribution in [0, 0.1) is 0 Å². The van der Waals surface area contributed by atoms with Crippen molar-refractivity contribution < 1.29 is 4.39 Å². The highest BCUT2D eigenvalue weighted by Gasteiger charge is 2.18. The van der Waals surface area contributed by atoms with Crippen LogP contribution in [0.5, 0.6) is 0 Å². The van der Waals surface area contributed by atoms with Gasteiger partial charge in [0.05, 0.1) is 0 Å². The Balaban J connectivity index is 4.14. The maximum atomic E-state index is 13.0. The summed E-state index contributed by atoms with van der Waals surface area (Å²) in [7, 11) is 0. The predicted octanol–water partition coefficient (Wildman–Crippen LogP) is 3.09. The average molecular weight is 130 g/mol. The molecule has 0 atom stereocenters. The molecule has 0 aliphatic heterocycles. The maximum absolute atomic E-state index is 13.0. The molecule has 0 heterocycles. The summed E-state index contributed by atoms with van der Waals surface area (Å²) in [6.45, 7) is 7.02. The van der Waals surface area contributed by atoms with E-state index in [1.54, 1.807) is 13.8 Å². The second-order valence-electron chi connectivity index (χ2n) is 2.64. The maximum Gasteiger partial charge on any atom is 0.126 e. The first-order chi connectivity index (χ1) is 4.02. The molecule has 0 fully saturated rings. The van der Waals surface area contributed by atoms with Crippen LogP contribution < -0.4 is 0 Å². The highest BCUT2D eigenvalue weighted by molar-refractivity contribution is 5.11. The molecular formula is C8H15F. The third-order valence-corrected chi connectivity index (χ3v) is 1.49. The molecule has 0 aromatic heterocycles. The molecule has 0 spiro atoms. The van der Waals surface area contributed by atoms with Crippen LogP contribution in [0.4, 0.5) is 4.39 Å². The lowest BCUT2D eigenvalue weighted by atomic mass is 9.98. The van der Waals surface area contributed by atoms with E-state index in [0.717, 1.165) is 12.0 Å². The molecule has 0 nitrogen and oxygen atoms in total.